The third kappa shape index (κ3) is 3.64. The molecular formula is C15H15NOS. The first-order chi connectivity index (χ1) is 8.75. The molecule has 0 radical (unpaired) electrons. The highest BCUT2D eigenvalue weighted by Gasteiger charge is 2.13. The van der Waals surface area contributed by atoms with Crippen molar-refractivity contribution < 1.29 is 4.79 Å². The Bertz CT molecular complexity index is 498. The molecule has 0 saturated carbocycles. The molecule has 0 aliphatic heterocycles. The largest absolute Gasteiger partial charge is 0.325 e. The van der Waals surface area contributed by atoms with Crippen molar-refractivity contribution in [2.24, 2.45) is 0 Å². The highest BCUT2D eigenvalue weighted by Crippen LogP contribution is 2.23. The second-order valence-corrected chi connectivity index (χ2v) is 5.34. The van der Waals surface area contributed by atoms with E-state index in [-0.39, 0.29) is 11.2 Å². The number of nitrogens with one attached hydrogen (secondary N) is 1. The van der Waals surface area contributed by atoms with Crippen molar-refractivity contribution in [2.45, 2.75) is 17.1 Å². The van der Waals surface area contributed by atoms with Crippen molar-refractivity contribution in [3.05, 3.63) is 60.7 Å². The summed E-state index contributed by atoms with van der Waals surface area (Å²) in [6.07, 6.45) is 0. The highest BCUT2D eigenvalue weighted by atomic mass is 32.2. The molecule has 0 bridgehead atoms. The minimum Gasteiger partial charge on any atom is -0.325 e. The normalized spacial score (nSPS) is 11.8. The molecule has 0 fully saturated rings. The molecule has 0 heterocycles. The number of carbonyl (C=O) groups excluding carboxylic acids is 1. The van der Waals surface area contributed by atoms with Gasteiger partial charge in [-0.2, -0.15) is 0 Å². The summed E-state index contributed by atoms with van der Waals surface area (Å²) in [7, 11) is 0. The molecule has 3 heteroatoms. The number of para-hydroxylation sites is 1. The van der Waals surface area contributed by atoms with Gasteiger partial charge in [-0.05, 0) is 31.2 Å². The number of amides is 1. The fourth-order valence-corrected chi connectivity index (χ4v) is 2.41. The van der Waals surface area contributed by atoms with Crippen LogP contribution in [0.4, 0.5) is 5.69 Å². The van der Waals surface area contributed by atoms with E-state index in [9.17, 15) is 4.79 Å². The smallest absolute Gasteiger partial charge is 0.237 e. The van der Waals surface area contributed by atoms with Gasteiger partial charge >= 0.3 is 0 Å². The molecule has 0 unspecified atom stereocenters. The van der Waals surface area contributed by atoms with Gasteiger partial charge < -0.3 is 5.32 Å². The Balaban J connectivity index is 1.93. The molecule has 2 nitrogen and oxygen atoms in total. The summed E-state index contributed by atoms with van der Waals surface area (Å²) in [5.74, 6) is 0.0232. The van der Waals surface area contributed by atoms with E-state index in [0.29, 0.717) is 0 Å². The predicted octanol–water partition coefficient (Wildman–Crippen LogP) is 3.81. The minimum atomic E-state index is -0.118. The average molecular weight is 257 g/mol. The maximum atomic E-state index is 12.0. The Labute approximate surface area is 111 Å². The molecule has 92 valence electrons. The summed E-state index contributed by atoms with van der Waals surface area (Å²) < 4.78 is 0. The molecule has 2 aromatic rings. The van der Waals surface area contributed by atoms with Gasteiger partial charge in [0, 0.05) is 10.6 Å². The number of benzene rings is 2. The number of thioether (sulfide) groups is 1. The van der Waals surface area contributed by atoms with Crippen molar-refractivity contribution in [1.29, 1.82) is 0 Å². The number of anilines is 1. The van der Waals surface area contributed by atoms with Crippen LogP contribution in [0.2, 0.25) is 0 Å². The molecule has 1 atom stereocenters. The van der Waals surface area contributed by atoms with Crippen LogP contribution in [0.15, 0.2) is 65.6 Å². The fraction of sp³-hybridized carbons (Fsp3) is 0.133. The van der Waals surface area contributed by atoms with E-state index >= 15 is 0 Å². The summed E-state index contributed by atoms with van der Waals surface area (Å²) in [5, 5.41) is 2.78. The van der Waals surface area contributed by atoms with E-state index in [1.165, 1.54) is 0 Å². The van der Waals surface area contributed by atoms with Gasteiger partial charge in [0.15, 0.2) is 0 Å². The Hall–Kier alpha value is -1.74. The Morgan fingerprint density at radius 3 is 2.17 bits per heavy atom. The Morgan fingerprint density at radius 2 is 1.56 bits per heavy atom. The van der Waals surface area contributed by atoms with E-state index in [1.807, 2.05) is 67.6 Å². The number of hydrogen-bond donors (Lipinski definition) is 1. The van der Waals surface area contributed by atoms with Gasteiger partial charge in [-0.15, -0.1) is 11.8 Å². The maximum absolute atomic E-state index is 12.0. The molecule has 1 N–H and O–H groups in total. The van der Waals surface area contributed by atoms with Crippen molar-refractivity contribution in [1.82, 2.24) is 0 Å². The minimum absolute atomic E-state index is 0.0232. The van der Waals surface area contributed by atoms with Crippen LogP contribution in [0.5, 0.6) is 0 Å². The first kappa shape index (κ1) is 12.7. The monoisotopic (exact) mass is 257 g/mol. The summed E-state index contributed by atoms with van der Waals surface area (Å²) >= 11 is 1.56. The molecule has 0 saturated heterocycles. The van der Waals surface area contributed by atoms with Crippen LogP contribution in [-0.4, -0.2) is 11.2 Å². The van der Waals surface area contributed by atoms with Crippen LogP contribution in [-0.2, 0) is 4.79 Å². The third-order valence-electron chi connectivity index (χ3n) is 2.47. The zero-order valence-electron chi connectivity index (χ0n) is 10.2. The summed E-state index contributed by atoms with van der Waals surface area (Å²) in [5.41, 5.74) is 0.836. The Kier molecular flexibility index (Phi) is 4.42. The number of rotatable bonds is 4. The molecule has 0 spiro atoms. The van der Waals surface area contributed by atoms with Crippen LogP contribution < -0.4 is 5.32 Å². The van der Waals surface area contributed by atoms with Crippen LogP contribution >= 0.6 is 11.8 Å². The lowest BCUT2D eigenvalue weighted by Gasteiger charge is -2.11. The standard InChI is InChI=1S/C15H15NOS/c1-12(18-14-10-6-3-7-11-14)15(17)16-13-8-4-2-5-9-13/h2-12H,1H3,(H,16,17)/t12-/m1/s1. The second-order valence-electron chi connectivity index (χ2n) is 3.93. The number of carbonyl (C=O) groups is 1. The van der Waals surface area contributed by atoms with Crippen molar-refractivity contribution in [2.75, 3.05) is 5.32 Å². The zero-order valence-corrected chi connectivity index (χ0v) is 11.0. The molecule has 0 aromatic heterocycles. The van der Waals surface area contributed by atoms with Gasteiger partial charge in [0.05, 0.1) is 5.25 Å². The molecule has 2 aromatic carbocycles. The van der Waals surface area contributed by atoms with Crippen LogP contribution in [0.1, 0.15) is 6.92 Å². The van der Waals surface area contributed by atoms with Crippen molar-refractivity contribution in [3.63, 3.8) is 0 Å². The topological polar surface area (TPSA) is 29.1 Å². The quantitative estimate of drug-likeness (QED) is 0.844. The summed E-state index contributed by atoms with van der Waals surface area (Å²) in [6.45, 7) is 1.91. The Morgan fingerprint density at radius 1 is 1.00 bits per heavy atom. The fourth-order valence-electron chi connectivity index (χ4n) is 1.52. The van der Waals surface area contributed by atoms with Crippen LogP contribution in [0.25, 0.3) is 0 Å². The van der Waals surface area contributed by atoms with Gasteiger partial charge in [0.1, 0.15) is 0 Å². The van der Waals surface area contributed by atoms with E-state index < -0.39 is 0 Å². The molecule has 1 amide bonds. The third-order valence-corrected chi connectivity index (χ3v) is 3.58. The van der Waals surface area contributed by atoms with Crippen molar-refractivity contribution in [3.8, 4) is 0 Å². The lowest BCUT2D eigenvalue weighted by molar-refractivity contribution is -0.115. The first-order valence-corrected chi connectivity index (χ1v) is 6.71. The highest BCUT2D eigenvalue weighted by molar-refractivity contribution is 8.00. The molecule has 0 aliphatic carbocycles. The van der Waals surface area contributed by atoms with E-state index in [4.69, 9.17) is 0 Å². The van der Waals surface area contributed by atoms with E-state index in [0.717, 1.165) is 10.6 Å². The van der Waals surface area contributed by atoms with E-state index in [2.05, 4.69) is 5.32 Å². The molecule has 2 rings (SSSR count). The second kappa shape index (κ2) is 6.26. The van der Waals surface area contributed by atoms with Gasteiger partial charge in [-0.3, -0.25) is 4.79 Å². The van der Waals surface area contributed by atoms with Crippen molar-refractivity contribution >= 4 is 23.4 Å². The maximum Gasteiger partial charge on any atom is 0.237 e. The van der Waals surface area contributed by atoms with Crippen LogP contribution in [0.3, 0.4) is 0 Å². The predicted molar refractivity (Wildman–Crippen MR) is 76.8 cm³/mol. The molecule has 18 heavy (non-hydrogen) atoms. The SMILES string of the molecule is C[C@@H](Sc1ccccc1)C(=O)Nc1ccccc1. The lowest BCUT2D eigenvalue weighted by Crippen LogP contribution is -2.22. The van der Waals surface area contributed by atoms with Crippen LogP contribution in [0, 0.1) is 0 Å². The van der Waals surface area contributed by atoms with E-state index in [1.54, 1.807) is 11.8 Å². The number of hydrogen-bond acceptors (Lipinski definition) is 2. The molecule has 0 aliphatic rings. The summed E-state index contributed by atoms with van der Waals surface area (Å²) in [6, 6.07) is 19.5. The zero-order chi connectivity index (χ0) is 12.8. The molecular weight excluding hydrogens is 242 g/mol. The van der Waals surface area contributed by atoms with Gasteiger partial charge in [0.25, 0.3) is 0 Å². The van der Waals surface area contributed by atoms with Gasteiger partial charge in [-0.1, -0.05) is 36.4 Å². The van der Waals surface area contributed by atoms with Gasteiger partial charge in [0.2, 0.25) is 5.91 Å². The van der Waals surface area contributed by atoms with Gasteiger partial charge in [-0.25, -0.2) is 0 Å². The first-order valence-electron chi connectivity index (χ1n) is 5.83. The average Bonchev–Trinajstić information content (AvgIpc) is 2.41. The lowest BCUT2D eigenvalue weighted by atomic mass is 10.3. The summed E-state index contributed by atoms with van der Waals surface area (Å²) in [4.78, 5) is 13.1.